The molecule has 4 heteroatoms. The van der Waals surface area contributed by atoms with Crippen LogP contribution in [0.15, 0.2) is 59.3 Å². The van der Waals surface area contributed by atoms with Crippen molar-refractivity contribution in [3.8, 4) is 5.75 Å². The molecule has 0 atom stereocenters. The maximum atomic E-state index is 11.3. The Labute approximate surface area is 125 Å². The zero-order valence-corrected chi connectivity index (χ0v) is 12.6. The zero-order chi connectivity index (χ0) is 14.0. The number of aliphatic hydroxyl groups is 1. The normalized spacial score (nSPS) is 11.5. The van der Waals surface area contributed by atoms with E-state index in [2.05, 4.69) is 0 Å². The number of rotatable bonds is 4. The summed E-state index contributed by atoms with van der Waals surface area (Å²) in [5.74, 6) is 0.786. The van der Waals surface area contributed by atoms with E-state index in [-0.39, 0.29) is 0 Å². The Hall–Kier alpha value is -1.62. The van der Waals surface area contributed by atoms with Crippen molar-refractivity contribution in [2.45, 2.75) is 5.60 Å². The molecule has 0 saturated heterocycles. The average molecular weight is 302 g/mol. The van der Waals surface area contributed by atoms with Crippen molar-refractivity contribution in [2.75, 3.05) is 7.11 Å². The van der Waals surface area contributed by atoms with E-state index in [0.717, 1.165) is 21.1 Å². The van der Waals surface area contributed by atoms with Crippen LogP contribution in [-0.4, -0.2) is 12.2 Å². The lowest BCUT2D eigenvalue weighted by Gasteiger charge is -2.26. The van der Waals surface area contributed by atoms with Crippen molar-refractivity contribution in [3.05, 3.63) is 74.6 Å². The molecule has 0 aliphatic rings. The van der Waals surface area contributed by atoms with E-state index >= 15 is 0 Å². The summed E-state index contributed by atoms with van der Waals surface area (Å²) < 4.78 is 5.19. The van der Waals surface area contributed by atoms with Gasteiger partial charge in [0.2, 0.25) is 0 Å². The minimum Gasteiger partial charge on any atom is -0.497 e. The second-order valence-corrected chi connectivity index (χ2v) is 6.29. The lowest BCUT2D eigenvalue weighted by molar-refractivity contribution is 0.133. The van der Waals surface area contributed by atoms with Crippen molar-refractivity contribution < 1.29 is 9.84 Å². The molecule has 0 unspecified atom stereocenters. The maximum Gasteiger partial charge on any atom is 0.158 e. The van der Waals surface area contributed by atoms with Crippen LogP contribution >= 0.6 is 22.7 Å². The molecule has 0 spiro atoms. The summed E-state index contributed by atoms with van der Waals surface area (Å²) in [4.78, 5) is 1.84. The first kappa shape index (κ1) is 13.4. The van der Waals surface area contributed by atoms with Gasteiger partial charge in [0.25, 0.3) is 0 Å². The zero-order valence-electron chi connectivity index (χ0n) is 10.9. The third-order valence-corrected chi connectivity index (χ3v) is 5.22. The Balaban J connectivity index is 2.15. The van der Waals surface area contributed by atoms with E-state index in [1.807, 2.05) is 59.3 Å². The van der Waals surface area contributed by atoms with Crippen molar-refractivity contribution >= 4 is 22.7 Å². The van der Waals surface area contributed by atoms with Crippen LogP contribution in [0, 0.1) is 0 Å². The molecule has 1 aromatic carbocycles. The van der Waals surface area contributed by atoms with Crippen molar-refractivity contribution in [2.24, 2.45) is 0 Å². The van der Waals surface area contributed by atoms with Crippen LogP contribution in [0.25, 0.3) is 0 Å². The van der Waals surface area contributed by atoms with Gasteiger partial charge in [0.1, 0.15) is 5.75 Å². The Morgan fingerprint density at radius 1 is 0.900 bits per heavy atom. The number of ether oxygens (including phenoxy) is 1. The maximum absolute atomic E-state index is 11.3. The lowest BCUT2D eigenvalue weighted by atomic mass is 9.90. The summed E-state index contributed by atoms with van der Waals surface area (Å²) in [5.41, 5.74) is -0.239. The highest BCUT2D eigenvalue weighted by Gasteiger charge is 2.35. The molecule has 3 aromatic rings. The first-order valence-electron chi connectivity index (χ1n) is 6.20. The number of benzene rings is 1. The molecule has 0 fully saturated rings. The molecular formula is C16H14O2S2. The standard InChI is InChI=1S/C16H14O2S2/c1-18-13-8-6-12(7-9-13)16(17,14-4-2-10-19-14)15-5-3-11-20-15/h2-11,17H,1H3. The molecule has 1 N–H and O–H groups in total. The molecule has 0 amide bonds. The van der Waals surface area contributed by atoms with Gasteiger partial charge in [-0.25, -0.2) is 0 Å². The van der Waals surface area contributed by atoms with Crippen LogP contribution in [-0.2, 0) is 5.60 Å². The summed E-state index contributed by atoms with van der Waals surface area (Å²) in [5, 5.41) is 15.3. The molecule has 0 bridgehead atoms. The second kappa shape index (κ2) is 5.40. The molecule has 3 rings (SSSR count). The minimum atomic E-state index is -1.09. The van der Waals surface area contributed by atoms with Gasteiger partial charge in [0, 0.05) is 9.75 Å². The first-order chi connectivity index (χ1) is 9.75. The molecule has 2 heterocycles. The monoisotopic (exact) mass is 302 g/mol. The fourth-order valence-corrected chi connectivity index (χ4v) is 3.99. The highest BCUT2D eigenvalue weighted by molar-refractivity contribution is 7.11. The summed E-state index contributed by atoms with van der Waals surface area (Å²) in [6.07, 6.45) is 0. The fourth-order valence-electron chi connectivity index (χ4n) is 2.21. The highest BCUT2D eigenvalue weighted by atomic mass is 32.1. The third kappa shape index (κ3) is 2.16. The molecule has 2 nitrogen and oxygen atoms in total. The van der Waals surface area contributed by atoms with E-state index < -0.39 is 5.60 Å². The predicted octanol–water partition coefficient (Wildman–Crippen LogP) is 4.10. The van der Waals surface area contributed by atoms with E-state index in [4.69, 9.17) is 4.74 Å². The largest absolute Gasteiger partial charge is 0.497 e. The van der Waals surface area contributed by atoms with Gasteiger partial charge in [-0.05, 0) is 40.6 Å². The van der Waals surface area contributed by atoms with Crippen LogP contribution in [0.4, 0.5) is 0 Å². The molecular weight excluding hydrogens is 288 g/mol. The molecule has 2 aromatic heterocycles. The molecule has 20 heavy (non-hydrogen) atoms. The van der Waals surface area contributed by atoms with E-state index in [0.29, 0.717) is 0 Å². The van der Waals surface area contributed by atoms with Crippen LogP contribution in [0.2, 0.25) is 0 Å². The smallest absolute Gasteiger partial charge is 0.158 e. The number of hydrogen-bond acceptors (Lipinski definition) is 4. The first-order valence-corrected chi connectivity index (χ1v) is 7.96. The van der Waals surface area contributed by atoms with Crippen molar-refractivity contribution in [1.29, 1.82) is 0 Å². The SMILES string of the molecule is COc1ccc(C(O)(c2cccs2)c2cccs2)cc1. The van der Waals surface area contributed by atoms with Gasteiger partial charge in [-0.1, -0.05) is 24.3 Å². The average Bonchev–Trinajstić information content (AvgIpc) is 3.19. The summed E-state index contributed by atoms with van der Waals surface area (Å²) >= 11 is 3.12. The van der Waals surface area contributed by atoms with Gasteiger partial charge < -0.3 is 9.84 Å². The summed E-state index contributed by atoms with van der Waals surface area (Å²) in [6.45, 7) is 0. The third-order valence-electron chi connectivity index (χ3n) is 3.26. The Kier molecular flexibility index (Phi) is 3.61. The van der Waals surface area contributed by atoms with Gasteiger partial charge in [0.15, 0.2) is 5.60 Å². The van der Waals surface area contributed by atoms with Crippen LogP contribution in [0.5, 0.6) is 5.75 Å². The van der Waals surface area contributed by atoms with Gasteiger partial charge in [-0.3, -0.25) is 0 Å². The predicted molar refractivity (Wildman–Crippen MR) is 83.7 cm³/mol. The molecule has 0 aliphatic carbocycles. The number of methoxy groups -OCH3 is 1. The van der Waals surface area contributed by atoms with Gasteiger partial charge in [-0.15, -0.1) is 22.7 Å². The number of thiophene rings is 2. The van der Waals surface area contributed by atoms with Crippen molar-refractivity contribution in [3.63, 3.8) is 0 Å². The summed E-state index contributed by atoms with van der Waals surface area (Å²) in [6, 6.07) is 15.4. The molecule has 0 aliphatic heterocycles. The lowest BCUT2D eigenvalue weighted by Crippen LogP contribution is -2.26. The Morgan fingerprint density at radius 2 is 1.45 bits per heavy atom. The van der Waals surface area contributed by atoms with Crippen LogP contribution in [0.3, 0.4) is 0 Å². The Morgan fingerprint density at radius 3 is 1.85 bits per heavy atom. The molecule has 0 saturated carbocycles. The van der Waals surface area contributed by atoms with E-state index in [1.54, 1.807) is 29.8 Å². The van der Waals surface area contributed by atoms with Gasteiger partial charge in [-0.2, -0.15) is 0 Å². The van der Waals surface area contributed by atoms with E-state index in [1.165, 1.54) is 0 Å². The van der Waals surface area contributed by atoms with E-state index in [9.17, 15) is 5.11 Å². The number of hydrogen-bond donors (Lipinski definition) is 1. The van der Waals surface area contributed by atoms with Gasteiger partial charge in [0.05, 0.1) is 7.11 Å². The molecule has 0 radical (unpaired) electrons. The summed E-state index contributed by atoms with van der Waals surface area (Å²) in [7, 11) is 1.64. The fraction of sp³-hybridized carbons (Fsp3) is 0.125. The Bertz CT molecular complexity index is 621. The topological polar surface area (TPSA) is 29.5 Å². The second-order valence-electron chi connectivity index (χ2n) is 4.39. The minimum absolute atomic E-state index is 0.786. The van der Waals surface area contributed by atoms with Crippen LogP contribution < -0.4 is 4.74 Å². The van der Waals surface area contributed by atoms with Gasteiger partial charge >= 0.3 is 0 Å². The van der Waals surface area contributed by atoms with Crippen LogP contribution in [0.1, 0.15) is 15.3 Å². The molecule has 102 valence electrons. The highest BCUT2D eigenvalue weighted by Crippen LogP contribution is 2.41. The van der Waals surface area contributed by atoms with Crippen molar-refractivity contribution in [1.82, 2.24) is 0 Å². The quantitative estimate of drug-likeness (QED) is 0.786.